The minimum absolute atomic E-state index is 0.0565. The molecule has 0 saturated heterocycles. The van der Waals surface area contributed by atoms with Crippen LogP contribution in [0.15, 0.2) is 5.28 Å². The van der Waals surface area contributed by atoms with Crippen molar-refractivity contribution in [1.29, 1.82) is 0 Å². The molecule has 0 atom stereocenters. The Labute approximate surface area is 104 Å². The van der Waals surface area contributed by atoms with Gasteiger partial charge in [0.2, 0.25) is 5.28 Å². The number of carboxylic acids is 1. The Kier molecular flexibility index (Phi) is 5.86. The second-order valence-electron chi connectivity index (χ2n) is 4.47. The Hall–Kier alpha value is -2.06. The largest absolute Gasteiger partial charge is 0.569 e. The molecule has 0 aliphatic rings. The molecule has 0 spiro atoms. The Morgan fingerprint density at radius 2 is 2.00 bits per heavy atom. The number of likely N-dealkylation sites (N-methyl/N-ethyl adjacent to an activating group) is 1. The molecule has 0 unspecified atom stereocenters. The highest BCUT2D eigenvalue weighted by Gasteiger charge is 2.23. The smallest absolute Gasteiger partial charge is 0.329 e. The number of nitrogens with zero attached hydrogens (tertiary/aromatic N) is 3. The number of rotatable bonds is 6. The number of carbonyl (C=O) groups is 2. The molecule has 0 saturated carbocycles. The van der Waals surface area contributed by atoms with Crippen molar-refractivity contribution in [1.82, 2.24) is 5.01 Å². The third kappa shape index (κ3) is 6.51. The fraction of sp³-hybridized carbons (Fsp3) is 0.778. The number of hydrogen-bond acceptors (Lipinski definition) is 6. The summed E-state index contributed by atoms with van der Waals surface area (Å²) in [5.41, 5.74) is -0.680. The molecule has 1 N–H and O–H groups in total. The van der Waals surface area contributed by atoms with Gasteiger partial charge in [-0.15, -0.1) is 5.01 Å². The molecule has 0 aromatic carbocycles. The predicted octanol–water partition coefficient (Wildman–Crippen LogP) is 0.359. The van der Waals surface area contributed by atoms with Crippen molar-refractivity contribution in [2.75, 3.05) is 20.4 Å². The molecule has 0 aliphatic heterocycles. The highest BCUT2D eigenvalue weighted by atomic mass is 16.8. The van der Waals surface area contributed by atoms with Crippen molar-refractivity contribution in [3.05, 3.63) is 5.21 Å². The molecule has 0 aromatic heterocycles. The summed E-state index contributed by atoms with van der Waals surface area (Å²) in [4.78, 5) is 25.9. The quantitative estimate of drug-likeness (QED) is 0.184. The van der Waals surface area contributed by atoms with Gasteiger partial charge in [0.15, 0.2) is 6.54 Å². The van der Waals surface area contributed by atoms with Crippen molar-refractivity contribution in [3.63, 3.8) is 0 Å². The maximum atomic E-state index is 11.3. The van der Waals surface area contributed by atoms with Crippen molar-refractivity contribution in [2.45, 2.75) is 20.8 Å². The molecule has 0 bridgehead atoms. The van der Waals surface area contributed by atoms with Crippen LogP contribution < -0.4 is 0 Å². The fourth-order valence-corrected chi connectivity index (χ4v) is 0.688. The Bertz CT molecular complexity index is 336. The van der Waals surface area contributed by atoms with Gasteiger partial charge in [0.05, 0.1) is 17.4 Å². The van der Waals surface area contributed by atoms with Gasteiger partial charge in [-0.05, 0) is 20.8 Å². The first-order chi connectivity index (χ1) is 8.14. The highest BCUT2D eigenvalue weighted by molar-refractivity contribution is 5.75. The summed E-state index contributed by atoms with van der Waals surface area (Å²) >= 11 is 0. The zero-order valence-electron chi connectivity index (χ0n) is 10.7. The van der Waals surface area contributed by atoms with Gasteiger partial charge in [-0.3, -0.25) is 9.59 Å². The molecular weight excluding hydrogens is 246 g/mol. The maximum Gasteiger partial charge on any atom is 0.329 e. The maximum absolute atomic E-state index is 11.3. The SMILES string of the molecule is CN(CC(=O)O)/[N+]([O-])=N/OCOC(=O)C(C)(C)C. The Morgan fingerprint density at radius 3 is 2.44 bits per heavy atom. The summed E-state index contributed by atoms with van der Waals surface area (Å²) in [6.45, 7) is 3.93. The average Bonchev–Trinajstić information content (AvgIpc) is 2.21. The second-order valence-corrected chi connectivity index (χ2v) is 4.47. The summed E-state index contributed by atoms with van der Waals surface area (Å²) in [5, 5.41) is 23.2. The minimum atomic E-state index is -1.19. The number of carbonyl (C=O) groups excluding carboxylic acids is 1. The van der Waals surface area contributed by atoms with Gasteiger partial charge in [0.25, 0.3) is 6.79 Å². The van der Waals surface area contributed by atoms with E-state index in [0.29, 0.717) is 0 Å². The topological polar surface area (TPSA) is 114 Å². The van der Waals surface area contributed by atoms with Crippen LogP contribution in [-0.2, 0) is 19.2 Å². The molecule has 0 rings (SSSR count). The van der Waals surface area contributed by atoms with Crippen molar-refractivity contribution in [2.24, 2.45) is 10.7 Å². The van der Waals surface area contributed by atoms with E-state index in [9.17, 15) is 14.8 Å². The van der Waals surface area contributed by atoms with E-state index in [1.54, 1.807) is 20.8 Å². The van der Waals surface area contributed by atoms with E-state index in [-0.39, 0.29) is 4.97 Å². The van der Waals surface area contributed by atoms with Crippen LogP contribution in [0.25, 0.3) is 0 Å². The molecule has 0 fully saturated rings. The van der Waals surface area contributed by atoms with Crippen LogP contribution in [0.5, 0.6) is 0 Å². The van der Waals surface area contributed by atoms with E-state index >= 15 is 0 Å². The van der Waals surface area contributed by atoms with Crippen molar-refractivity contribution < 1.29 is 29.2 Å². The van der Waals surface area contributed by atoms with Crippen LogP contribution >= 0.6 is 0 Å². The van der Waals surface area contributed by atoms with Crippen molar-refractivity contribution >= 4 is 11.9 Å². The first-order valence-corrected chi connectivity index (χ1v) is 5.05. The molecule has 18 heavy (non-hydrogen) atoms. The number of hydrogen-bond donors (Lipinski definition) is 1. The lowest BCUT2D eigenvalue weighted by Crippen LogP contribution is -2.32. The standard InChI is InChI=1S/C9H17N3O6/c1-9(2,3)8(15)17-6-18-10-12(16)11(4)5-7(13)14/h5-6H2,1-4H3,(H,13,14)/b12-10-. The molecule has 0 aliphatic carbocycles. The summed E-state index contributed by atoms with van der Waals surface area (Å²) in [5.74, 6) is -1.69. The third-order valence-electron chi connectivity index (χ3n) is 1.64. The molecule has 9 nitrogen and oxygen atoms in total. The first kappa shape index (κ1) is 15.9. The molecule has 0 amide bonds. The number of ether oxygens (including phenoxy) is 1. The lowest BCUT2D eigenvalue weighted by molar-refractivity contribution is -0.704. The van der Waals surface area contributed by atoms with Crippen molar-refractivity contribution in [3.8, 4) is 0 Å². The van der Waals surface area contributed by atoms with Gasteiger partial charge >= 0.3 is 11.9 Å². The van der Waals surface area contributed by atoms with Gasteiger partial charge in [-0.25, -0.2) is 0 Å². The van der Waals surface area contributed by atoms with E-state index in [1.807, 2.05) is 0 Å². The van der Waals surface area contributed by atoms with Gasteiger partial charge < -0.3 is 19.9 Å². The van der Waals surface area contributed by atoms with Gasteiger partial charge in [0.1, 0.15) is 0 Å². The zero-order valence-corrected chi connectivity index (χ0v) is 10.7. The number of hydrazine groups is 1. The summed E-state index contributed by atoms with van der Waals surface area (Å²) in [7, 11) is 1.22. The second kappa shape index (κ2) is 6.62. The van der Waals surface area contributed by atoms with Gasteiger partial charge in [-0.1, -0.05) is 0 Å². The molecule has 0 radical (unpaired) electrons. The monoisotopic (exact) mass is 263 g/mol. The summed E-state index contributed by atoms with van der Waals surface area (Å²) in [6, 6.07) is 0. The van der Waals surface area contributed by atoms with E-state index in [0.717, 1.165) is 5.01 Å². The van der Waals surface area contributed by atoms with Crippen LogP contribution in [0.3, 0.4) is 0 Å². The number of carboxylic acid groups (broad SMARTS) is 1. The molecule has 0 heterocycles. The lowest BCUT2D eigenvalue weighted by Gasteiger charge is -2.15. The fourth-order valence-electron chi connectivity index (χ4n) is 0.688. The predicted molar refractivity (Wildman–Crippen MR) is 57.8 cm³/mol. The summed E-state index contributed by atoms with van der Waals surface area (Å²) < 4.78 is 4.66. The van der Waals surface area contributed by atoms with Gasteiger partial charge in [0, 0.05) is 0 Å². The Balaban J connectivity index is 4.02. The van der Waals surface area contributed by atoms with E-state index in [2.05, 4.69) is 14.9 Å². The van der Waals surface area contributed by atoms with Gasteiger partial charge in [-0.2, -0.15) is 0 Å². The molecule has 104 valence electrons. The third-order valence-corrected chi connectivity index (χ3v) is 1.64. The van der Waals surface area contributed by atoms with Crippen LogP contribution in [-0.4, -0.2) is 47.4 Å². The van der Waals surface area contributed by atoms with E-state index in [1.165, 1.54) is 7.05 Å². The molecule has 0 aromatic rings. The molecule has 9 heteroatoms. The summed E-state index contributed by atoms with van der Waals surface area (Å²) in [6.07, 6.45) is 0. The molecular formula is C9H17N3O6. The number of esters is 1. The normalized spacial score (nSPS) is 11.9. The Morgan fingerprint density at radius 1 is 1.44 bits per heavy atom. The zero-order chi connectivity index (χ0) is 14.3. The lowest BCUT2D eigenvalue weighted by atomic mass is 9.98. The van der Waals surface area contributed by atoms with Crippen LogP contribution in [0.1, 0.15) is 20.8 Å². The first-order valence-electron chi connectivity index (χ1n) is 5.05. The van der Waals surface area contributed by atoms with Crippen LogP contribution in [0.4, 0.5) is 0 Å². The van der Waals surface area contributed by atoms with Crippen LogP contribution in [0.2, 0.25) is 0 Å². The van der Waals surface area contributed by atoms with E-state index < -0.39 is 30.7 Å². The van der Waals surface area contributed by atoms with Crippen LogP contribution in [0, 0.1) is 10.6 Å². The number of aliphatic carboxylic acids is 1. The minimum Gasteiger partial charge on any atom is -0.569 e. The average molecular weight is 263 g/mol. The van der Waals surface area contributed by atoms with E-state index in [4.69, 9.17) is 5.11 Å². The highest BCUT2D eigenvalue weighted by Crippen LogP contribution is 2.14.